The molecule has 0 atom stereocenters. The Labute approximate surface area is 124 Å². The normalized spacial score (nSPS) is 12.5. The number of fused-ring (bicyclic) bond motifs is 4. The molecule has 0 aliphatic carbocycles. The second kappa shape index (κ2) is 4.11. The minimum Gasteiger partial charge on any atom is -0.456 e. The van der Waals surface area contributed by atoms with Gasteiger partial charge in [0.1, 0.15) is 11.2 Å². The van der Waals surface area contributed by atoms with Gasteiger partial charge in [0.25, 0.3) is 0 Å². The van der Waals surface area contributed by atoms with E-state index in [1.54, 1.807) is 0 Å². The van der Waals surface area contributed by atoms with Crippen LogP contribution >= 0.6 is 0 Å². The average molecular weight is 274 g/mol. The van der Waals surface area contributed by atoms with Gasteiger partial charge in [0.2, 0.25) is 0 Å². The Kier molecular flexibility index (Phi) is 2.44. The quantitative estimate of drug-likeness (QED) is 0.381. The summed E-state index contributed by atoms with van der Waals surface area (Å²) >= 11 is 0. The molecular weight excluding hydrogens is 256 g/mol. The summed E-state index contributed by atoms with van der Waals surface area (Å²) in [4.78, 5) is 0. The van der Waals surface area contributed by atoms with Gasteiger partial charge in [0.05, 0.1) is 0 Å². The van der Waals surface area contributed by atoms with Gasteiger partial charge in [-0.2, -0.15) is 0 Å². The maximum Gasteiger partial charge on any atom is 0.136 e. The van der Waals surface area contributed by atoms with Crippen molar-refractivity contribution < 1.29 is 4.42 Å². The van der Waals surface area contributed by atoms with E-state index in [9.17, 15) is 0 Å². The van der Waals surface area contributed by atoms with Gasteiger partial charge in [-0.25, -0.2) is 0 Å². The van der Waals surface area contributed by atoms with Crippen molar-refractivity contribution in [2.75, 3.05) is 0 Å². The van der Waals surface area contributed by atoms with Crippen LogP contribution in [-0.4, -0.2) is 0 Å². The topological polar surface area (TPSA) is 13.1 Å². The van der Waals surface area contributed by atoms with Gasteiger partial charge in [0, 0.05) is 10.8 Å². The van der Waals surface area contributed by atoms with Crippen molar-refractivity contribution in [1.82, 2.24) is 0 Å². The first-order chi connectivity index (χ1) is 10.0. The van der Waals surface area contributed by atoms with Crippen LogP contribution in [0.25, 0.3) is 32.7 Å². The first-order valence-corrected chi connectivity index (χ1v) is 7.38. The maximum absolute atomic E-state index is 5.96. The molecule has 1 heterocycles. The van der Waals surface area contributed by atoms with E-state index < -0.39 is 0 Å². The molecule has 0 N–H and O–H groups in total. The largest absolute Gasteiger partial charge is 0.456 e. The predicted octanol–water partition coefficient (Wildman–Crippen LogP) is 6.04. The summed E-state index contributed by atoms with van der Waals surface area (Å²) in [6.45, 7) is 6.75. The maximum atomic E-state index is 5.96. The molecule has 0 fully saturated rings. The molecule has 1 heteroatoms. The average Bonchev–Trinajstić information content (AvgIpc) is 2.81. The SMILES string of the molecule is CC(C)(C)c1ccc2cc3oc4ccccc4c3cc2c1. The molecule has 0 unspecified atom stereocenters. The molecule has 0 aliphatic rings. The molecule has 4 aromatic rings. The van der Waals surface area contributed by atoms with Crippen LogP contribution in [0.5, 0.6) is 0 Å². The summed E-state index contributed by atoms with van der Waals surface area (Å²) in [6, 6.07) is 19.4. The van der Waals surface area contributed by atoms with Crippen LogP contribution in [0.1, 0.15) is 26.3 Å². The van der Waals surface area contributed by atoms with Crippen molar-refractivity contribution in [3.63, 3.8) is 0 Å². The Morgan fingerprint density at radius 1 is 0.714 bits per heavy atom. The van der Waals surface area contributed by atoms with Crippen LogP contribution in [0.4, 0.5) is 0 Å². The number of hydrogen-bond donors (Lipinski definition) is 0. The second-order valence-electron chi connectivity index (χ2n) is 6.76. The third-order valence-electron chi connectivity index (χ3n) is 4.20. The Balaban J connectivity index is 2.08. The van der Waals surface area contributed by atoms with E-state index in [0.29, 0.717) is 0 Å². The summed E-state index contributed by atoms with van der Waals surface area (Å²) in [5.74, 6) is 0. The molecule has 104 valence electrons. The minimum atomic E-state index is 0.168. The molecule has 1 aromatic heterocycles. The van der Waals surface area contributed by atoms with Gasteiger partial charge in [-0.3, -0.25) is 0 Å². The number of furan rings is 1. The van der Waals surface area contributed by atoms with Crippen molar-refractivity contribution >= 4 is 32.7 Å². The zero-order valence-electron chi connectivity index (χ0n) is 12.6. The lowest BCUT2D eigenvalue weighted by molar-refractivity contribution is 0.591. The summed E-state index contributed by atoms with van der Waals surface area (Å²) in [5, 5.41) is 4.90. The highest BCUT2D eigenvalue weighted by Gasteiger charge is 2.14. The van der Waals surface area contributed by atoms with E-state index >= 15 is 0 Å². The highest BCUT2D eigenvalue weighted by Crippen LogP contribution is 2.33. The van der Waals surface area contributed by atoms with E-state index in [1.165, 1.54) is 27.1 Å². The number of hydrogen-bond acceptors (Lipinski definition) is 1. The van der Waals surface area contributed by atoms with Gasteiger partial charge in [-0.15, -0.1) is 0 Å². The van der Waals surface area contributed by atoms with Crippen LogP contribution in [0.2, 0.25) is 0 Å². The molecule has 0 aliphatic heterocycles. The van der Waals surface area contributed by atoms with E-state index in [1.807, 2.05) is 12.1 Å². The third-order valence-corrected chi connectivity index (χ3v) is 4.20. The van der Waals surface area contributed by atoms with E-state index in [-0.39, 0.29) is 5.41 Å². The van der Waals surface area contributed by atoms with Gasteiger partial charge in [-0.1, -0.05) is 57.2 Å². The highest BCUT2D eigenvalue weighted by molar-refractivity contribution is 6.10. The first-order valence-electron chi connectivity index (χ1n) is 7.38. The monoisotopic (exact) mass is 274 g/mol. The Morgan fingerprint density at radius 2 is 1.52 bits per heavy atom. The standard InChI is InChI=1S/C20H18O/c1-20(2,3)15-9-8-13-12-19-17(11-14(13)10-15)16-6-4-5-7-18(16)21-19/h4-12H,1-3H3. The summed E-state index contributed by atoms with van der Waals surface area (Å²) in [7, 11) is 0. The molecule has 0 radical (unpaired) electrons. The first kappa shape index (κ1) is 12.5. The van der Waals surface area contributed by atoms with Crippen molar-refractivity contribution in [1.29, 1.82) is 0 Å². The molecule has 0 spiro atoms. The third kappa shape index (κ3) is 1.92. The lowest BCUT2D eigenvalue weighted by Gasteiger charge is -2.19. The fraction of sp³-hybridized carbons (Fsp3) is 0.200. The van der Waals surface area contributed by atoms with E-state index in [0.717, 1.165) is 11.2 Å². The number of benzene rings is 3. The molecule has 0 bridgehead atoms. The van der Waals surface area contributed by atoms with Gasteiger partial charge in [0.15, 0.2) is 0 Å². The molecular formula is C20H18O. The van der Waals surface area contributed by atoms with Gasteiger partial charge in [-0.05, 0) is 39.9 Å². The molecule has 3 aromatic carbocycles. The molecule has 0 saturated carbocycles. The molecule has 1 nitrogen and oxygen atoms in total. The van der Waals surface area contributed by atoms with Crippen LogP contribution in [0.15, 0.2) is 59.0 Å². The van der Waals surface area contributed by atoms with Crippen LogP contribution in [-0.2, 0) is 5.41 Å². The lowest BCUT2D eigenvalue weighted by atomic mass is 9.86. The van der Waals surface area contributed by atoms with Crippen molar-refractivity contribution in [2.24, 2.45) is 0 Å². The van der Waals surface area contributed by atoms with Crippen LogP contribution in [0, 0.1) is 0 Å². The summed E-state index contributed by atoms with van der Waals surface area (Å²) in [5.41, 5.74) is 3.45. The lowest BCUT2D eigenvalue weighted by Crippen LogP contribution is -2.10. The zero-order chi connectivity index (χ0) is 14.6. The Bertz CT molecular complexity index is 968. The molecule has 0 amide bonds. The zero-order valence-corrected chi connectivity index (χ0v) is 12.6. The second-order valence-corrected chi connectivity index (χ2v) is 6.76. The Hall–Kier alpha value is -2.28. The highest BCUT2D eigenvalue weighted by atomic mass is 16.3. The fourth-order valence-corrected chi connectivity index (χ4v) is 2.93. The van der Waals surface area contributed by atoms with E-state index in [4.69, 9.17) is 4.42 Å². The van der Waals surface area contributed by atoms with Gasteiger partial charge < -0.3 is 4.42 Å². The number of rotatable bonds is 0. The van der Waals surface area contributed by atoms with Crippen LogP contribution < -0.4 is 0 Å². The van der Waals surface area contributed by atoms with Crippen molar-refractivity contribution in [3.8, 4) is 0 Å². The fourth-order valence-electron chi connectivity index (χ4n) is 2.93. The summed E-state index contributed by atoms with van der Waals surface area (Å²) in [6.07, 6.45) is 0. The van der Waals surface area contributed by atoms with Crippen LogP contribution in [0.3, 0.4) is 0 Å². The predicted molar refractivity (Wildman–Crippen MR) is 89.9 cm³/mol. The Morgan fingerprint density at radius 3 is 2.33 bits per heavy atom. The van der Waals surface area contributed by atoms with Crippen molar-refractivity contribution in [3.05, 3.63) is 60.2 Å². The molecule has 0 saturated heterocycles. The van der Waals surface area contributed by atoms with Gasteiger partial charge >= 0.3 is 0 Å². The van der Waals surface area contributed by atoms with Crippen molar-refractivity contribution in [2.45, 2.75) is 26.2 Å². The number of para-hydroxylation sites is 1. The summed E-state index contributed by atoms with van der Waals surface area (Å²) < 4.78 is 5.96. The smallest absolute Gasteiger partial charge is 0.136 e. The molecule has 4 rings (SSSR count). The minimum absolute atomic E-state index is 0.168. The van der Waals surface area contributed by atoms with E-state index in [2.05, 4.69) is 63.2 Å². The molecule has 21 heavy (non-hydrogen) atoms.